The topological polar surface area (TPSA) is 38.2 Å². The predicted molar refractivity (Wildman–Crippen MR) is 77.4 cm³/mol. The minimum absolute atomic E-state index is 0.561. The molecule has 0 N–H and O–H groups in total. The lowest BCUT2D eigenvalue weighted by Crippen LogP contribution is -2.49. The summed E-state index contributed by atoms with van der Waals surface area (Å²) in [4.78, 5) is 10.7. The van der Waals surface area contributed by atoms with Crippen molar-refractivity contribution in [1.82, 2.24) is 9.97 Å². The number of aromatic nitrogens is 2. The summed E-state index contributed by atoms with van der Waals surface area (Å²) in [5.41, 5.74) is 0. The molecule has 1 aliphatic rings. The van der Waals surface area contributed by atoms with Gasteiger partial charge in [-0.05, 0) is 40.2 Å². The van der Waals surface area contributed by atoms with Crippen LogP contribution in [0.25, 0.3) is 0 Å². The van der Waals surface area contributed by atoms with Crippen LogP contribution < -0.4 is 9.64 Å². The summed E-state index contributed by atoms with van der Waals surface area (Å²) in [6.45, 7) is 2.72. The van der Waals surface area contributed by atoms with Gasteiger partial charge < -0.3 is 9.64 Å². The van der Waals surface area contributed by atoms with Crippen LogP contribution in [0.3, 0.4) is 0 Å². The molecular weight excluding hydrogens is 306 g/mol. The highest BCUT2D eigenvalue weighted by Gasteiger charge is 2.28. The molecule has 19 heavy (non-hydrogen) atoms. The zero-order chi connectivity index (χ0) is 13.1. The van der Waals surface area contributed by atoms with E-state index in [1.54, 1.807) is 12.4 Å². The lowest BCUT2D eigenvalue weighted by atomic mass is 10.0. The smallest absolute Gasteiger partial charge is 0.137 e. The molecular formula is C14H14BrN3O. The Balaban J connectivity index is 1.47. The fourth-order valence-corrected chi connectivity index (χ4v) is 2.30. The van der Waals surface area contributed by atoms with Gasteiger partial charge in [0.1, 0.15) is 11.6 Å². The molecule has 0 aliphatic carbocycles. The number of rotatable bonds is 4. The highest BCUT2D eigenvalue weighted by molar-refractivity contribution is 9.10. The molecule has 1 fully saturated rings. The molecule has 2 aromatic heterocycles. The molecule has 2 aromatic rings. The van der Waals surface area contributed by atoms with Crippen molar-refractivity contribution in [3.63, 3.8) is 0 Å². The Morgan fingerprint density at radius 2 is 2.16 bits per heavy atom. The molecule has 3 rings (SSSR count). The summed E-state index contributed by atoms with van der Waals surface area (Å²) in [5, 5.41) is 0. The average Bonchev–Trinajstić information content (AvgIpc) is 2.40. The zero-order valence-electron chi connectivity index (χ0n) is 10.4. The van der Waals surface area contributed by atoms with E-state index in [9.17, 15) is 0 Å². The molecule has 0 unspecified atom stereocenters. The van der Waals surface area contributed by atoms with Gasteiger partial charge >= 0.3 is 0 Å². The van der Waals surface area contributed by atoms with E-state index in [1.807, 2.05) is 30.5 Å². The molecule has 1 aliphatic heterocycles. The van der Waals surface area contributed by atoms with Crippen LogP contribution in [0.4, 0.5) is 5.82 Å². The summed E-state index contributed by atoms with van der Waals surface area (Å²) < 4.78 is 6.70. The molecule has 0 atom stereocenters. The van der Waals surface area contributed by atoms with E-state index in [0.717, 1.165) is 35.7 Å². The van der Waals surface area contributed by atoms with Crippen molar-refractivity contribution in [2.45, 2.75) is 0 Å². The van der Waals surface area contributed by atoms with Crippen molar-refractivity contribution in [3.8, 4) is 5.75 Å². The molecule has 4 nitrogen and oxygen atoms in total. The molecule has 0 aromatic carbocycles. The molecule has 0 spiro atoms. The summed E-state index contributed by atoms with van der Waals surface area (Å²) in [6, 6.07) is 7.86. The Kier molecular flexibility index (Phi) is 3.64. The fraction of sp³-hybridized carbons (Fsp3) is 0.286. The maximum Gasteiger partial charge on any atom is 0.137 e. The number of halogens is 1. The molecule has 0 saturated carbocycles. The van der Waals surface area contributed by atoms with Gasteiger partial charge in [0.25, 0.3) is 0 Å². The third-order valence-corrected chi connectivity index (χ3v) is 3.58. The van der Waals surface area contributed by atoms with Crippen LogP contribution >= 0.6 is 15.9 Å². The van der Waals surface area contributed by atoms with Crippen molar-refractivity contribution in [2.24, 2.45) is 5.92 Å². The molecule has 98 valence electrons. The Labute approximate surface area is 120 Å². The Hall–Kier alpha value is -1.62. The molecule has 5 heteroatoms. The van der Waals surface area contributed by atoms with Crippen molar-refractivity contribution >= 4 is 21.7 Å². The average molecular weight is 320 g/mol. The maximum atomic E-state index is 5.70. The van der Waals surface area contributed by atoms with E-state index in [0.29, 0.717) is 5.92 Å². The molecule has 1 saturated heterocycles. The molecule has 0 bridgehead atoms. The second-order valence-electron chi connectivity index (χ2n) is 4.61. The summed E-state index contributed by atoms with van der Waals surface area (Å²) in [7, 11) is 0. The van der Waals surface area contributed by atoms with Crippen molar-refractivity contribution in [1.29, 1.82) is 0 Å². The fourth-order valence-electron chi connectivity index (χ4n) is 2.06. The van der Waals surface area contributed by atoms with Gasteiger partial charge in [-0.3, -0.25) is 4.98 Å². The maximum absolute atomic E-state index is 5.70. The number of anilines is 1. The quantitative estimate of drug-likeness (QED) is 0.868. The molecule has 0 radical (unpaired) electrons. The summed E-state index contributed by atoms with van der Waals surface area (Å²) >= 11 is 3.39. The Morgan fingerprint density at radius 1 is 1.26 bits per heavy atom. The van der Waals surface area contributed by atoms with Crippen LogP contribution in [-0.4, -0.2) is 29.7 Å². The van der Waals surface area contributed by atoms with Crippen LogP contribution in [-0.2, 0) is 0 Å². The lowest BCUT2D eigenvalue weighted by Gasteiger charge is -2.39. The minimum Gasteiger partial charge on any atom is -0.492 e. The normalized spacial score (nSPS) is 15.1. The van der Waals surface area contributed by atoms with E-state index in [2.05, 4.69) is 30.8 Å². The van der Waals surface area contributed by atoms with Crippen LogP contribution in [0, 0.1) is 5.92 Å². The number of ether oxygens (including phenoxy) is 1. The first-order valence-electron chi connectivity index (χ1n) is 6.20. The third kappa shape index (κ3) is 3.04. The SMILES string of the molecule is Brc1ccc(N2CC(COc3cccnc3)C2)nc1. The van der Waals surface area contributed by atoms with Crippen LogP contribution in [0.1, 0.15) is 0 Å². The van der Waals surface area contributed by atoms with Gasteiger partial charge in [0.15, 0.2) is 0 Å². The van der Waals surface area contributed by atoms with Gasteiger partial charge in [-0.1, -0.05) is 0 Å². The van der Waals surface area contributed by atoms with Gasteiger partial charge in [-0.25, -0.2) is 4.98 Å². The van der Waals surface area contributed by atoms with Crippen molar-refractivity contribution in [3.05, 3.63) is 47.3 Å². The number of pyridine rings is 2. The zero-order valence-corrected chi connectivity index (χ0v) is 12.0. The van der Waals surface area contributed by atoms with E-state index in [4.69, 9.17) is 4.74 Å². The molecule has 0 amide bonds. The second kappa shape index (κ2) is 5.57. The van der Waals surface area contributed by atoms with E-state index < -0.39 is 0 Å². The highest BCUT2D eigenvalue weighted by atomic mass is 79.9. The number of hydrogen-bond acceptors (Lipinski definition) is 4. The monoisotopic (exact) mass is 319 g/mol. The number of hydrogen-bond donors (Lipinski definition) is 0. The van der Waals surface area contributed by atoms with Gasteiger partial charge in [-0.2, -0.15) is 0 Å². The van der Waals surface area contributed by atoms with E-state index in [-0.39, 0.29) is 0 Å². The van der Waals surface area contributed by atoms with Gasteiger partial charge in [0.05, 0.1) is 12.8 Å². The van der Waals surface area contributed by atoms with E-state index >= 15 is 0 Å². The van der Waals surface area contributed by atoms with Crippen molar-refractivity contribution < 1.29 is 4.74 Å². The Bertz CT molecular complexity index is 526. The van der Waals surface area contributed by atoms with Gasteiger partial charge in [0.2, 0.25) is 0 Å². The van der Waals surface area contributed by atoms with Crippen LogP contribution in [0.2, 0.25) is 0 Å². The summed E-state index contributed by atoms with van der Waals surface area (Å²) in [6.07, 6.45) is 5.32. The van der Waals surface area contributed by atoms with E-state index in [1.165, 1.54) is 0 Å². The predicted octanol–water partition coefficient (Wildman–Crippen LogP) is 2.75. The largest absolute Gasteiger partial charge is 0.492 e. The first-order valence-corrected chi connectivity index (χ1v) is 7.00. The minimum atomic E-state index is 0.561. The van der Waals surface area contributed by atoms with Gasteiger partial charge in [0, 0.05) is 35.9 Å². The first-order chi connectivity index (χ1) is 9.31. The Morgan fingerprint density at radius 3 is 2.84 bits per heavy atom. The summed E-state index contributed by atoms with van der Waals surface area (Å²) in [5.74, 6) is 2.43. The second-order valence-corrected chi connectivity index (χ2v) is 5.52. The molecule has 3 heterocycles. The lowest BCUT2D eigenvalue weighted by molar-refractivity contribution is 0.219. The third-order valence-electron chi connectivity index (χ3n) is 3.11. The first kappa shape index (κ1) is 12.4. The number of nitrogens with zero attached hydrogens (tertiary/aromatic N) is 3. The highest BCUT2D eigenvalue weighted by Crippen LogP contribution is 2.24. The van der Waals surface area contributed by atoms with Crippen LogP contribution in [0.5, 0.6) is 5.75 Å². The van der Waals surface area contributed by atoms with Gasteiger partial charge in [-0.15, -0.1) is 0 Å². The van der Waals surface area contributed by atoms with Crippen molar-refractivity contribution in [2.75, 3.05) is 24.6 Å². The standard InChI is InChI=1S/C14H14BrN3O/c15-12-3-4-14(17-6-12)18-8-11(9-18)10-19-13-2-1-5-16-7-13/h1-7,11H,8-10H2. The van der Waals surface area contributed by atoms with Crippen LogP contribution in [0.15, 0.2) is 47.3 Å².